The second-order valence-corrected chi connectivity index (χ2v) is 5.59. The molecule has 0 aliphatic heterocycles. The van der Waals surface area contributed by atoms with Crippen molar-refractivity contribution >= 4 is 22.4 Å². The fourth-order valence-corrected chi connectivity index (χ4v) is 2.57. The molecule has 4 nitrogen and oxygen atoms in total. The Labute approximate surface area is 113 Å². The van der Waals surface area contributed by atoms with Crippen molar-refractivity contribution in [1.29, 1.82) is 0 Å². The Kier molecular flexibility index (Phi) is 8.10. The third-order valence-electron chi connectivity index (χ3n) is 2.20. The summed E-state index contributed by atoms with van der Waals surface area (Å²) in [6, 6.07) is 5.58. The van der Waals surface area contributed by atoms with E-state index in [1.54, 1.807) is 6.07 Å². The number of benzene rings is 1. The van der Waals surface area contributed by atoms with Gasteiger partial charge in [0.25, 0.3) is 0 Å². The quantitative estimate of drug-likeness (QED) is 0.747. The van der Waals surface area contributed by atoms with E-state index in [0.29, 0.717) is 25.1 Å². The number of sulfonamides is 1. The van der Waals surface area contributed by atoms with Crippen LogP contribution in [-0.2, 0) is 15.8 Å². The van der Waals surface area contributed by atoms with E-state index in [2.05, 4.69) is 4.72 Å². The van der Waals surface area contributed by atoms with Crippen LogP contribution in [0.4, 0.5) is 4.39 Å². The van der Waals surface area contributed by atoms with Gasteiger partial charge in [-0.25, -0.2) is 17.5 Å². The van der Waals surface area contributed by atoms with Crippen LogP contribution in [0.25, 0.3) is 0 Å². The number of nitrogens with two attached hydrogens (primary N) is 1. The van der Waals surface area contributed by atoms with Crippen LogP contribution in [-0.4, -0.2) is 21.5 Å². The first-order valence-electron chi connectivity index (χ1n) is 5.45. The van der Waals surface area contributed by atoms with Gasteiger partial charge in [0.05, 0.1) is 5.75 Å². The lowest BCUT2D eigenvalue weighted by atomic mass is 10.2. The molecule has 0 heterocycles. The van der Waals surface area contributed by atoms with E-state index in [0.717, 1.165) is 6.42 Å². The summed E-state index contributed by atoms with van der Waals surface area (Å²) in [5.74, 6) is -0.631. The monoisotopic (exact) mass is 296 g/mol. The van der Waals surface area contributed by atoms with Gasteiger partial charge in [-0.3, -0.25) is 0 Å². The minimum atomic E-state index is -3.39. The Morgan fingerprint density at radius 1 is 1.28 bits per heavy atom. The van der Waals surface area contributed by atoms with Crippen LogP contribution < -0.4 is 10.5 Å². The summed E-state index contributed by atoms with van der Waals surface area (Å²) in [6.45, 7) is 0.917. The molecule has 1 aromatic rings. The highest BCUT2D eigenvalue weighted by Gasteiger charge is 2.10. The maximum atomic E-state index is 12.9. The van der Waals surface area contributed by atoms with Gasteiger partial charge < -0.3 is 5.73 Å². The lowest BCUT2D eigenvalue weighted by Crippen LogP contribution is -2.26. The molecule has 0 bridgehead atoms. The largest absolute Gasteiger partial charge is 0.330 e. The molecule has 0 radical (unpaired) electrons. The Balaban J connectivity index is 0.00000289. The summed E-state index contributed by atoms with van der Waals surface area (Å²) in [6.07, 6.45) is 1.49. The molecule has 0 amide bonds. The van der Waals surface area contributed by atoms with E-state index in [1.165, 1.54) is 18.2 Å². The SMILES string of the molecule is Cl.NCCCCNS(=O)(=O)Cc1cccc(F)c1. The molecule has 0 unspecified atom stereocenters. The predicted octanol–water partition coefficient (Wildman–Crippen LogP) is 1.41. The number of nitrogens with one attached hydrogen (secondary N) is 1. The zero-order valence-electron chi connectivity index (χ0n) is 9.93. The topological polar surface area (TPSA) is 72.2 Å². The van der Waals surface area contributed by atoms with Crippen molar-refractivity contribution in [1.82, 2.24) is 4.72 Å². The maximum Gasteiger partial charge on any atom is 0.215 e. The summed E-state index contributed by atoms with van der Waals surface area (Å²) in [5, 5.41) is 0. The molecule has 3 N–H and O–H groups in total. The van der Waals surface area contributed by atoms with Crippen LogP contribution in [0.15, 0.2) is 24.3 Å². The average Bonchev–Trinajstić information content (AvgIpc) is 2.24. The molecule has 0 saturated carbocycles. The van der Waals surface area contributed by atoms with Crippen molar-refractivity contribution in [3.8, 4) is 0 Å². The highest BCUT2D eigenvalue weighted by Crippen LogP contribution is 2.07. The average molecular weight is 297 g/mol. The summed E-state index contributed by atoms with van der Waals surface area (Å²) in [4.78, 5) is 0. The maximum absolute atomic E-state index is 12.9. The van der Waals surface area contributed by atoms with E-state index in [9.17, 15) is 12.8 Å². The number of rotatable bonds is 7. The van der Waals surface area contributed by atoms with Gasteiger partial charge in [0.1, 0.15) is 5.82 Å². The van der Waals surface area contributed by atoms with Crippen molar-refractivity contribution in [2.24, 2.45) is 5.73 Å². The summed E-state index contributed by atoms with van der Waals surface area (Å²) in [5.41, 5.74) is 5.74. The molecule has 104 valence electrons. The molecular formula is C11H18ClFN2O2S. The molecule has 0 aliphatic carbocycles. The molecule has 1 rings (SSSR count). The minimum absolute atomic E-state index is 0. The summed E-state index contributed by atoms with van der Waals surface area (Å²) in [7, 11) is -3.39. The number of unbranched alkanes of at least 4 members (excludes halogenated alkanes) is 1. The zero-order valence-corrected chi connectivity index (χ0v) is 11.6. The van der Waals surface area contributed by atoms with Gasteiger partial charge in [-0.2, -0.15) is 0 Å². The van der Waals surface area contributed by atoms with Gasteiger partial charge in [-0.1, -0.05) is 12.1 Å². The molecular weight excluding hydrogens is 279 g/mol. The van der Waals surface area contributed by atoms with Crippen molar-refractivity contribution in [3.05, 3.63) is 35.6 Å². The highest BCUT2D eigenvalue weighted by atomic mass is 35.5. The van der Waals surface area contributed by atoms with E-state index >= 15 is 0 Å². The van der Waals surface area contributed by atoms with Gasteiger partial charge in [0.15, 0.2) is 0 Å². The summed E-state index contributed by atoms with van der Waals surface area (Å²) < 4.78 is 38.5. The minimum Gasteiger partial charge on any atom is -0.330 e. The fourth-order valence-electron chi connectivity index (χ4n) is 1.39. The van der Waals surface area contributed by atoms with Gasteiger partial charge in [-0.05, 0) is 37.1 Å². The fraction of sp³-hybridized carbons (Fsp3) is 0.455. The van der Waals surface area contributed by atoms with Crippen molar-refractivity contribution in [3.63, 3.8) is 0 Å². The van der Waals surface area contributed by atoms with Crippen molar-refractivity contribution in [2.75, 3.05) is 13.1 Å². The van der Waals surface area contributed by atoms with E-state index in [1.807, 2.05) is 0 Å². The molecule has 0 spiro atoms. The van der Waals surface area contributed by atoms with E-state index < -0.39 is 15.8 Å². The lowest BCUT2D eigenvalue weighted by molar-refractivity contribution is 0.576. The van der Waals surface area contributed by atoms with Crippen LogP contribution in [0.5, 0.6) is 0 Å². The normalized spacial score (nSPS) is 11.0. The second kappa shape index (κ2) is 8.42. The zero-order chi connectivity index (χ0) is 12.7. The lowest BCUT2D eigenvalue weighted by Gasteiger charge is -2.06. The summed E-state index contributed by atoms with van der Waals surface area (Å²) >= 11 is 0. The first-order chi connectivity index (χ1) is 8.03. The van der Waals surface area contributed by atoms with E-state index in [-0.39, 0.29) is 18.2 Å². The molecule has 0 aliphatic rings. The van der Waals surface area contributed by atoms with Crippen LogP contribution in [0.2, 0.25) is 0 Å². The van der Waals surface area contributed by atoms with Gasteiger partial charge in [-0.15, -0.1) is 12.4 Å². The molecule has 7 heteroatoms. The molecule has 0 atom stereocenters. The highest BCUT2D eigenvalue weighted by molar-refractivity contribution is 7.88. The number of hydrogen-bond donors (Lipinski definition) is 2. The molecule has 18 heavy (non-hydrogen) atoms. The molecule has 0 saturated heterocycles. The Hall–Kier alpha value is -0.690. The smallest absolute Gasteiger partial charge is 0.215 e. The molecule has 0 fully saturated rings. The number of hydrogen-bond acceptors (Lipinski definition) is 3. The predicted molar refractivity (Wildman–Crippen MR) is 72.6 cm³/mol. The van der Waals surface area contributed by atoms with Crippen LogP contribution in [0.3, 0.4) is 0 Å². The third-order valence-corrected chi connectivity index (χ3v) is 3.56. The first kappa shape index (κ1) is 17.3. The number of halogens is 2. The Bertz CT molecular complexity index is 454. The van der Waals surface area contributed by atoms with Crippen LogP contribution >= 0.6 is 12.4 Å². The van der Waals surface area contributed by atoms with Crippen LogP contribution in [0.1, 0.15) is 18.4 Å². The van der Waals surface area contributed by atoms with Gasteiger partial charge in [0, 0.05) is 6.54 Å². The Morgan fingerprint density at radius 3 is 2.61 bits per heavy atom. The van der Waals surface area contributed by atoms with Gasteiger partial charge in [0.2, 0.25) is 10.0 Å². The molecule has 1 aromatic carbocycles. The molecule has 0 aromatic heterocycles. The second-order valence-electron chi connectivity index (χ2n) is 3.78. The standard InChI is InChI=1S/C11H17FN2O2S.ClH/c12-11-5-3-4-10(8-11)9-17(15,16)14-7-2-1-6-13;/h3-5,8,14H,1-2,6-7,9,13H2;1H. The van der Waals surface area contributed by atoms with Crippen molar-refractivity contribution in [2.45, 2.75) is 18.6 Å². The van der Waals surface area contributed by atoms with Crippen LogP contribution in [0, 0.1) is 5.82 Å². The first-order valence-corrected chi connectivity index (χ1v) is 7.10. The van der Waals surface area contributed by atoms with Gasteiger partial charge >= 0.3 is 0 Å². The Morgan fingerprint density at radius 2 is 2.00 bits per heavy atom. The van der Waals surface area contributed by atoms with E-state index in [4.69, 9.17) is 5.73 Å². The third kappa shape index (κ3) is 6.90. The van der Waals surface area contributed by atoms with Crippen molar-refractivity contribution < 1.29 is 12.8 Å².